The number of anilines is 1. The molecule has 1 heterocycles. The first-order valence-corrected chi connectivity index (χ1v) is 10.0. The predicted octanol–water partition coefficient (Wildman–Crippen LogP) is 5.07. The van der Waals surface area contributed by atoms with Gasteiger partial charge < -0.3 is 19.1 Å². The highest BCUT2D eigenvalue weighted by atomic mass is 19.1. The minimum absolute atomic E-state index is 0.0202. The maximum atomic E-state index is 14.3. The molecule has 1 aromatic carbocycles. The third-order valence-electron chi connectivity index (χ3n) is 4.61. The molecule has 0 unspecified atom stereocenters. The van der Waals surface area contributed by atoms with E-state index in [9.17, 15) is 13.6 Å². The smallest absolute Gasteiger partial charge is 0.243 e. The van der Waals surface area contributed by atoms with E-state index >= 15 is 0 Å². The molecular formula is C24H24F2N2O4. The number of hydrogen-bond acceptors (Lipinski definition) is 5. The largest absolute Gasteiger partial charge is 0.497 e. The number of benzene rings is 1. The third kappa shape index (κ3) is 5.72. The summed E-state index contributed by atoms with van der Waals surface area (Å²) in [7, 11) is 1.52. The van der Waals surface area contributed by atoms with Gasteiger partial charge in [0.25, 0.3) is 0 Å². The summed E-state index contributed by atoms with van der Waals surface area (Å²) in [5.41, 5.74) is 0.955. The van der Waals surface area contributed by atoms with E-state index in [4.69, 9.17) is 14.2 Å². The van der Waals surface area contributed by atoms with Crippen molar-refractivity contribution >= 4 is 11.6 Å². The fourth-order valence-electron chi connectivity index (χ4n) is 3.08. The van der Waals surface area contributed by atoms with Crippen LogP contribution in [0.2, 0.25) is 0 Å². The van der Waals surface area contributed by atoms with Crippen LogP contribution in [0.1, 0.15) is 18.9 Å². The van der Waals surface area contributed by atoms with E-state index in [1.165, 1.54) is 31.2 Å². The number of alkyl halides is 1. The molecule has 168 valence electrons. The zero-order valence-corrected chi connectivity index (χ0v) is 17.9. The summed E-state index contributed by atoms with van der Waals surface area (Å²) in [6, 6.07) is 8.37. The predicted molar refractivity (Wildman–Crippen MR) is 117 cm³/mol. The van der Waals surface area contributed by atoms with Crippen molar-refractivity contribution < 1.29 is 27.8 Å². The highest BCUT2D eigenvalue weighted by Gasteiger charge is 2.22. The lowest BCUT2D eigenvalue weighted by atomic mass is 10.1. The second-order valence-electron chi connectivity index (χ2n) is 6.79. The fourth-order valence-corrected chi connectivity index (χ4v) is 3.08. The first-order chi connectivity index (χ1) is 15.5. The molecule has 0 atom stereocenters. The highest BCUT2D eigenvalue weighted by molar-refractivity contribution is 5.92. The van der Waals surface area contributed by atoms with Crippen molar-refractivity contribution in [2.24, 2.45) is 0 Å². The van der Waals surface area contributed by atoms with Gasteiger partial charge in [0, 0.05) is 18.7 Å². The van der Waals surface area contributed by atoms with Crippen LogP contribution in [0.25, 0.3) is 0 Å². The summed E-state index contributed by atoms with van der Waals surface area (Å²) < 4.78 is 43.5. The second-order valence-corrected chi connectivity index (χ2v) is 6.79. The van der Waals surface area contributed by atoms with E-state index in [-0.39, 0.29) is 30.7 Å². The average molecular weight is 442 g/mol. The van der Waals surface area contributed by atoms with Crippen molar-refractivity contribution in [3.8, 4) is 17.4 Å². The van der Waals surface area contributed by atoms with Gasteiger partial charge in [0.05, 0.1) is 13.7 Å². The average Bonchev–Trinajstić information content (AvgIpc) is 3.00. The Balaban J connectivity index is 1.95. The lowest BCUT2D eigenvalue weighted by molar-refractivity contribution is -0.116. The van der Waals surface area contributed by atoms with Crippen molar-refractivity contribution in [1.82, 2.24) is 4.98 Å². The molecule has 32 heavy (non-hydrogen) atoms. The van der Waals surface area contributed by atoms with Gasteiger partial charge in [-0.15, -0.1) is 0 Å². The molecule has 0 bridgehead atoms. The molecule has 0 radical (unpaired) electrons. The lowest BCUT2D eigenvalue weighted by Crippen LogP contribution is -2.29. The van der Waals surface area contributed by atoms with Crippen molar-refractivity contribution in [2.75, 3.05) is 25.3 Å². The van der Waals surface area contributed by atoms with Crippen LogP contribution in [0.5, 0.6) is 17.4 Å². The van der Waals surface area contributed by atoms with Gasteiger partial charge in [-0.25, -0.2) is 13.8 Å². The number of amides is 1. The number of aromatic nitrogens is 1. The number of hydrogen-bond donors (Lipinski definition) is 0. The van der Waals surface area contributed by atoms with E-state index in [2.05, 4.69) is 4.98 Å². The first-order valence-electron chi connectivity index (χ1n) is 10.0. The topological polar surface area (TPSA) is 60.9 Å². The summed E-state index contributed by atoms with van der Waals surface area (Å²) in [6.45, 7) is 0.712. The van der Waals surface area contributed by atoms with Gasteiger partial charge in [0.15, 0.2) is 11.6 Å². The number of ether oxygens (including phenoxy) is 3. The SMILES string of the molecule is COc1ccc(OCCF)c(CN(C(C)=O)c2cccnc2OC2=CCC=CC=C2F)c1. The zero-order valence-electron chi connectivity index (χ0n) is 17.9. The van der Waals surface area contributed by atoms with Crippen LogP contribution < -0.4 is 19.1 Å². The molecular weight excluding hydrogens is 418 g/mol. The minimum Gasteiger partial charge on any atom is -0.497 e. The number of methoxy groups -OCH3 is 1. The van der Waals surface area contributed by atoms with Crippen LogP contribution in [0, 0.1) is 0 Å². The van der Waals surface area contributed by atoms with Crippen LogP contribution in [-0.2, 0) is 11.3 Å². The van der Waals surface area contributed by atoms with Gasteiger partial charge in [0.2, 0.25) is 11.8 Å². The Kier molecular flexibility index (Phi) is 7.96. The molecule has 0 N–H and O–H groups in total. The summed E-state index contributed by atoms with van der Waals surface area (Å²) in [5.74, 6) is 0.240. The maximum absolute atomic E-state index is 14.3. The second kappa shape index (κ2) is 11.1. The van der Waals surface area contributed by atoms with E-state index in [0.29, 0.717) is 29.2 Å². The van der Waals surface area contributed by atoms with Crippen LogP contribution in [0.4, 0.5) is 14.5 Å². The van der Waals surface area contributed by atoms with Gasteiger partial charge in [-0.1, -0.05) is 12.2 Å². The number of carbonyl (C=O) groups is 1. The molecule has 0 saturated heterocycles. The minimum atomic E-state index is -0.647. The number of allylic oxidation sites excluding steroid dienone is 5. The fraction of sp³-hybridized carbons (Fsp3) is 0.250. The summed E-state index contributed by atoms with van der Waals surface area (Å²) in [5, 5.41) is 0. The van der Waals surface area contributed by atoms with Gasteiger partial charge in [-0.3, -0.25) is 4.79 Å². The molecule has 0 aliphatic heterocycles. The number of nitrogens with zero attached hydrogens (tertiary/aromatic N) is 2. The van der Waals surface area contributed by atoms with Crippen molar-refractivity contribution in [3.63, 3.8) is 0 Å². The number of carbonyl (C=O) groups excluding carboxylic acids is 1. The molecule has 0 saturated carbocycles. The quantitative estimate of drug-likeness (QED) is 0.543. The Hall–Kier alpha value is -3.68. The number of pyridine rings is 1. The van der Waals surface area contributed by atoms with Crippen molar-refractivity contribution in [3.05, 3.63) is 78.0 Å². The summed E-state index contributed by atoms with van der Waals surface area (Å²) in [6.07, 6.45) is 8.28. The van der Waals surface area contributed by atoms with Gasteiger partial charge in [-0.2, -0.15) is 0 Å². The Labute approximate surface area is 185 Å². The van der Waals surface area contributed by atoms with Crippen LogP contribution in [0.3, 0.4) is 0 Å². The standard InChI is InChI=1S/C24H24F2N2O4/c1-17(29)28(16-18-15-19(30-2)10-11-22(18)31-14-12-25)21-8-6-13-27-24(21)32-23-9-5-3-4-7-20(23)26/h3-4,6-11,13,15H,5,12,14,16H2,1-2H3. The first kappa shape index (κ1) is 23.0. The zero-order chi connectivity index (χ0) is 22.9. The van der Waals surface area contributed by atoms with Gasteiger partial charge in [0.1, 0.15) is 30.5 Å². The third-order valence-corrected chi connectivity index (χ3v) is 4.61. The van der Waals surface area contributed by atoms with E-state index in [1.807, 2.05) is 0 Å². The van der Waals surface area contributed by atoms with E-state index in [0.717, 1.165) is 0 Å². The van der Waals surface area contributed by atoms with Crippen molar-refractivity contribution in [1.29, 1.82) is 0 Å². The van der Waals surface area contributed by atoms with Gasteiger partial charge in [-0.05, 0) is 48.9 Å². The van der Waals surface area contributed by atoms with Crippen molar-refractivity contribution in [2.45, 2.75) is 19.9 Å². The number of rotatable bonds is 9. The normalized spacial score (nSPS) is 13.0. The van der Waals surface area contributed by atoms with Crippen LogP contribution in [-0.4, -0.2) is 31.3 Å². The Morgan fingerprint density at radius 3 is 2.88 bits per heavy atom. The summed E-state index contributed by atoms with van der Waals surface area (Å²) in [4.78, 5) is 18.2. The molecule has 1 aromatic heterocycles. The molecule has 1 aliphatic carbocycles. The van der Waals surface area contributed by atoms with E-state index < -0.39 is 12.5 Å². The lowest BCUT2D eigenvalue weighted by Gasteiger charge is -2.24. The maximum Gasteiger partial charge on any atom is 0.243 e. The molecule has 0 spiro atoms. The number of halogens is 2. The Morgan fingerprint density at radius 2 is 2.12 bits per heavy atom. The van der Waals surface area contributed by atoms with Gasteiger partial charge >= 0.3 is 0 Å². The molecule has 0 fully saturated rings. The molecule has 1 amide bonds. The Morgan fingerprint density at radius 1 is 1.28 bits per heavy atom. The molecule has 8 heteroatoms. The molecule has 1 aliphatic rings. The molecule has 3 rings (SSSR count). The van der Waals surface area contributed by atoms with Crippen LogP contribution in [0.15, 0.2) is 72.4 Å². The van der Waals surface area contributed by atoms with E-state index in [1.54, 1.807) is 48.6 Å². The molecule has 2 aromatic rings. The van der Waals surface area contributed by atoms with Crippen LogP contribution >= 0.6 is 0 Å². The highest BCUT2D eigenvalue weighted by Crippen LogP contribution is 2.33. The summed E-state index contributed by atoms with van der Waals surface area (Å²) >= 11 is 0. The monoisotopic (exact) mass is 442 g/mol. The molecule has 6 nitrogen and oxygen atoms in total. The Bertz CT molecular complexity index is 1050.